The van der Waals surface area contributed by atoms with Gasteiger partial charge in [-0.25, -0.2) is 9.37 Å². The molecule has 2 nitrogen and oxygen atoms in total. The minimum absolute atomic E-state index is 0.224. The molecular weight excluding hydrogens is 283 g/mol. The molecule has 2 rings (SSSR count). The van der Waals surface area contributed by atoms with E-state index < -0.39 is 0 Å². The van der Waals surface area contributed by atoms with Gasteiger partial charge in [-0.15, -0.1) is 0 Å². The standard InChI is InChI=1S/C13H12BrFN2/c1-8-5-11(14)13(16-7-8)17-10-4-3-9(2)12(15)6-10/h3-7H,1-2H3,(H,16,17). The molecule has 1 N–H and O–H groups in total. The van der Waals surface area contributed by atoms with E-state index in [4.69, 9.17) is 0 Å². The predicted molar refractivity (Wildman–Crippen MR) is 71.1 cm³/mol. The molecule has 17 heavy (non-hydrogen) atoms. The molecule has 1 aromatic heterocycles. The van der Waals surface area contributed by atoms with Gasteiger partial charge in [0, 0.05) is 11.9 Å². The maximum atomic E-state index is 13.4. The van der Waals surface area contributed by atoms with Crippen molar-refractivity contribution in [3.05, 3.63) is 51.9 Å². The van der Waals surface area contributed by atoms with E-state index in [1.165, 1.54) is 6.07 Å². The molecule has 0 fully saturated rings. The van der Waals surface area contributed by atoms with Crippen LogP contribution < -0.4 is 5.32 Å². The molecular formula is C13H12BrFN2. The van der Waals surface area contributed by atoms with E-state index >= 15 is 0 Å². The molecule has 0 aliphatic heterocycles. The van der Waals surface area contributed by atoms with Gasteiger partial charge in [0.15, 0.2) is 0 Å². The highest BCUT2D eigenvalue weighted by Crippen LogP contribution is 2.25. The third-order valence-electron chi connectivity index (χ3n) is 2.41. The molecule has 0 aliphatic rings. The predicted octanol–water partition coefficient (Wildman–Crippen LogP) is 4.34. The van der Waals surface area contributed by atoms with Crippen LogP contribution in [0.15, 0.2) is 34.9 Å². The van der Waals surface area contributed by atoms with Crippen molar-refractivity contribution in [2.24, 2.45) is 0 Å². The molecule has 0 saturated heterocycles. The number of nitrogens with one attached hydrogen (secondary N) is 1. The van der Waals surface area contributed by atoms with Gasteiger partial charge in [-0.2, -0.15) is 0 Å². The summed E-state index contributed by atoms with van der Waals surface area (Å²) < 4.78 is 14.2. The van der Waals surface area contributed by atoms with Crippen LogP contribution in [0, 0.1) is 19.7 Å². The van der Waals surface area contributed by atoms with E-state index in [0.717, 1.165) is 10.0 Å². The number of benzene rings is 1. The highest BCUT2D eigenvalue weighted by Gasteiger charge is 2.04. The first kappa shape index (κ1) is 12.0. The summed E-state index contributed by atoms with van der Waals surface area (Å²) in [5.74, 6) is 0.456. The molecule has 2 aromatic rings. The summed E-state index contributed by atoms with van der Waals surface area (Å²) in [6.07, 6.45) is 1.76. The number of hydrogen-bond acceptors (Lipinski definition) is 2. The van der Waals surface area contributed by atoms with Crippen molar-refractivity contribution in [1.29, 1.82) is 0 Å². The first-order chi connectivity index (χ1) is 8.06. The van der Waals surface area contributed by atoms with Crippen LogP contribution in [-0.2, 0) is 0 Å². The Morgan fingerprint density at radius 1 is 1.24 bits per heavy atom. The molecule has 0 bridgehead atoms. The van der Waals surface area contributed by atoms with Crippen LogP contribution in [0.25, 0.3) is 0 Å². The van der Waals surface area contributed by atoms with Gasteiger partial charge in [0.2, 0.25) is 0 Å². The van der Waals surface area contributed by atoms with Crippen molar-refractivity contribution in [2.45, 2.75) is 13.8 Å². The number of aromatic nitrogens is 1. The molecule has 1 heterocycles. The Morgan fingerprint density at radius 3 is 2.65 bits per heavy atom. The Bertz CT molecular complexity index is 555. The first-order valence-electron chi connectivity index (χ1n) is 5.21. The highest BCUT2D eigenvalue weighted by molar-refractivity contribution is 9.10. The van der Waals surface area contributed by atoms with Gasteiger partial charge in [0.25, 0.3) is 0 Å². The van der Waals surface area contributed by atoms with Gasteiger partial charge in [0.05, 0.1) is 4.47 Å². The van der Waals surface area contributed by atoms with Crippen LogP contribution in [0.1, 0.15) is 11.1 Å². The SMILES string of the molecule is Cc1cnc(Nc2ccc(C)c(F)c2)c(Br)c1. The van der Waals surface area contributed by atoms with Gasteiger partial charge in [0.1, 0.15) is 11.6 Å². The lowest BCUT2D eigenvalue weighted by Gasteiger charge is -2.08. The normalized spacial score (nSPS) is 10.4. The van der Waals surface area contributed by atoms with Crippen LogP contribution in [0.2, 0.25) is 0 Å². The minimum atomic E-state index is -0.224. The third kappa shape index (κ3) is 2.82. The van der Waals surface area contributed by atoms with Gasteiger partial charge in [-0.1, -0.05) is 6.07 Å². The van der Waals surface area contributed by atoms with Gasteiger partial charge in [-0.3, -0.25) is 0 Å². The summed E-state index contributed by atoms with van der Waals surface area (Å²) in [5.41, 5.74) is 2.38. The van der Waals surface area contributed by atoms with Gasteiger partial charge in [-0.05, 0) is 59.1 Å². The maximum Gasteiger partial charge on any atom is 0.144 e. The molecule has 0 unspecified atom stereocenters. The van der Waals surface area contributed by atoms with Crippen molar-refractivity contribution in [3.8, 4) is 0 Å². The summed E-state index contributed by atoms with van der Waals surface area (Å²) in [6, 6.07) is 6.98. The van der Waals surface area contributed by atoms with Crippen LogP contribution in [0.3, 0.4) is 0 Å². The fraction of sp³-hybridized carbons (Fsp3) is 0.154. The number of hydrogen-bond donors (Lipinski definition) is 1. The molecule has 0 spiro atoms. The molecule has 0 amide bonds. The van der Waals surface area contributed by atoms with Crippen molar-refractivity contribution in [2.75, 3.05) is 5.32 Å². The molecule has 0 radical (unpaired) electrons. The topological polar surface area (TPSA) is 24.9 Å². The number of nitrogens with zero attached hydrogens (tertiary/aromatic N) is 1. The number of pyridine rings is 1. The zero-order chi connectivity index (χ0) is 12.4. The highest BCUT2D eigenvalue weighted by atomic mass is 79.9. The molecule has 0 saturated carbocycles. The zero-order valence-corrected chi connectivity index (χ0v) is 11.2. The minimum Gasteiger partial charge on any atom is -0.339 e. The van der Waals surface area contributed by atoms with E-state index in [1.54, 1.807) is 19.2 Å². The monoisotopic (exact) mass is 294 g/mol. The Labute approximate surface area is 108 Å². The lowest BCUT2D eigenvalue weighted by molar-refractivity contribution is 0.619. The molecule has 0 atom stereocenters. The first-order valence-corrected chi connectivity index (χ1v) is 6.01. The Balaban J connectivity index is 2.28. The van der Waals surface area contributed by atoms with E-state index in [0.29, 0.717) is 17.1 Å². The quantitative estimate of drug-likeness (QED) is 0.891. The lowest BCUT2D eigenvalue weighted by Crippen LogP contribution is -1.96. The average molecular weight is 295 g/mol. The second-order valence-corrected chi connectivity index (χ2v) is 4.79. The van der Waals surface area contributed by atoms with E-state index in [9.17, 15) is 4.39 Å². The lowest BCUT2D eigenvalue weighted by atomic mass is 10.2. The van der Waals surface area contributed by atoms with Crippen molar-refractivity contribution >= 4 is 27.4 Å². The summed E-state index contributed by atoms with van der Waals surface area (Å²) in [7, 11) is 0. The summed E-state index contributed by atoms with van der Waals surface area (Å²) in [4.78, 5) is 4.24. The summed E-state index contributed by atoms with van der Waals surface area (Å²) >= 11 is 3.42. The zero-order valence-electron chi connectivity index (χ0n) is 9.59. The maximum absolute atomic E-state index is 13.4. The summed E-state index contributed by atoms with van der Waals surface area (Å²) in [6.45, 7) is 3.70. The second-order valence-electron chi connectivity index (χ2n) is 3.93. The Morgan fingerprint density at radius 2 is 2.00 bits per heavy atom. The van der Waals surface area contributed by atoms with Gasteiger partial charge >= 0.3 is 0 Å². The Hall–Kier alpha value is -1.42. The Kier molecular flexibility index (Phi) is 3.43. The van der Waals surface area contributed by atoms with Crippen LogP contribution >= 0.6 is 15.9 Å². The van der Waals surface area contributed by atoms with Crippen molar-refractivity contribution in [1.82, 2.24) is 4.98 Å². The van der Waals surface area contributed by atoms with Crippen LogP contribution in [0.4, 0.5) is 15.9 Å². The van der Waals surface area contributed by atoms with E-state index in [-0.39, 0.29) is 5.82 Å². The smallest absolute Gasteiger partial charge is 0.144 e. The molecule has 88 valence electrons. The third-order valence-corrected chi connectivity index (χ3v) is 3.02. The second kappa shape index (κ2) is 4.84. The van der Waals surface area contributed by atoms with E-state index in [1.807, 2.05) is 19.1 Å². The fourth-order valence-corrected chi connectivity index (χ4v) is 2.00. The number of halogens is 2. The molecule has 0 aliphatic carbocycles. The van der Waals surface area contributed by atoms with Crippen molar-refractivity contribution in [3.63, 3.8) is 0 Å². The van der Waals surface area contributed by atoms with Crippen LogP contribution in [-0.4, -0.2) is 4.98 Å². The van der Waals surface area contributed by atoms with Crippen LogP contribution in [0.5, 0.6) is 0 Å². The molecule has 4 heteroatoms. The summed E-state index contributed by atoms with van der Waals surface area (Å²) in [5, 5.41) is 3.07. The molecule has 1 aromatic carbocycles. The average Bonchev–Trinajstić information content (AvgIpc) is 2.27. The fourth-order valence-electron chi connectivity index (χ4n) is 1.43. The largest absolute Gasteiger partial charge is 0.339 e. The van der Waals surface area contributed by atoms with Gasteiger partial charge < -0.3 is 5.32 Å². The number of rotatable bonds is 2. The van der Waals surface area contributed by atoms with E-state index in [2.05, 4.69) is 26.2 Å². The number of aryl methyl sites for hydroxylation is 2. The number of anilines is 2. The van der Waals surface area contributed by atoms with Crippen molar-refractivity contribution < 1.29 is 4.39 Å².